The minimum absolute atomic E-state index is 0.242. The highest BCUT2D eigenvalue weighted by molar-refractivity contribution is 6.32. The number of benzene rings is 2. The number of hydrogen-bond acceptors (Lipinski definition) is 6. The van der Waals surface area contributed by atoms with Gasteiger partial charge in [-0.3, -0.25) is 9.78 Å². The molecule has 156 valence electrons. The average molecular weight is 437 g/mol. The maximum absolute atomic E-state index is 12.1. The molecule has 0 aliphatic rings. The molecule has 4 rings (SSSR count). The van der Waals surface area contributed by atoms with Crippen molar-refractivity contribution in [2.75, 3.05) is 0 Å². The lowest BCUT2D eigenvalue weighted by molar-refractivity contribution is 0.479. The topological polar surface area (TPSA) is 119 Å². The zero-order valence-corrected chi connectivity index (χ0v) is 17.6. The van der Waals surface area contributed by atoms with Crippen molar-refractivity contribution in [3.63, 3.8) is 0 Å². The molecule has 0 unspecified atom stereocenters. The van der Waals surface area contributed by atoms with E-state index < -0.39 is 16.9 Å². The Hall–Kier alpha value is -3.90. The summed E-state index contributed by atoms with van der Waals surface area (Å²) < 4.78 is 9.00. The third-order valence-electron chi connectivity index (χ3n) is 4.71. The largest absolute Gasteiger partial charge is 0.455 e. The Morgan fingerprint density at radius 2 is 2.00 bits per heavy atom. The van der Waals surface area contributed by atoms with E-state index in [2.05, 4.69) is 28.9 Å². The zero-order chi connectivity index (χ0) is 22.3. The fraction of sp³-hybridized carbons (Fsp3) is 0.190. The smallest absolute Gasteiger partial charge is 0.349 e. The summed E-state index contributed by atoms with van der Waals surface area (Å²) in [5, 5.41) is 13.1. The fourth-order valence-corrected chi connectivity index (χ4v) is 3.51. The van der Waals surface area contributed by atoms with Crippen LogP contribution in [0.2, 0.25) is 5.02 Å². The SMILES string of the molecule is Cc1cc(-n2nc(C#N)c(=O)[nH]c2=O)cc(Cl)c1Oc1ccc2ncn(C(C)C)c2c1. The van der Waals surface area contributed by atoms with Gasteiger partial charge in [0.1, 0.15) is 17.6 Å². The second kappa shape index (κ2) is 7.74. The Morgan fingerprint density at radius 1 is 1.23 bits per heavy atom. The summed E-state index contributed by atoms with van der Waals surface area (Å²) in [5.74, 6) is 0.997. The molecule has 0 aliphatic carbocycles. The monoisotopic (exact) mass is 436 g/mol. The van der Waals surface area contributed by atoms with Crippen LogP contribution in [-0.4, -0.2) is 24.3 Å². The van der Waals surface area contributed by atoms with Gasteiger partial charge in [0.15, 0.2) is 0 Å². The molecule has 9 nitrogen and oxygen atoms in total. The highest BCUT2D eigenvalue weighted by Gasteiger charge is 2.15. The molecular formula is C21H17ClN6O3. The number of nitrogens with zero attached hydrogens (tertiary/aromatic N) is 5. The highest BCUT2D eigenvalue weighted by Crippen LogP contribution is 2.35. The van der Waals surface area contributed by atoms with E-state index in [-0.39, 0.29) is 11.1 Å². The molecule has 0 radical (unpaired) electrons. The summed E-state index contributed by atoms with van der Waals surface area (Å²) >= 11 is 6.45. The summed E-state index contributed by atoms with van der Waals surface area (Å²) in [6.45, 7) is 5.90. The molecule has 10 heteroatoms. The Balaban J connectivity index is 1.75. The molecule has 0 aliphatic heterocycles. The number of hydrogen-bond donors (Lipinski definition) is 1. The summed E-state index contributed by atoms with van der Waals surface area (Å²) in [4.78, 5) is 30.2. The van der Waals surface area contributed by atoms with Crippen molar-refractivity contribution >= 4 is 22.6 Å². The first-order chi connectivity index (χ1) is 14.8. The van der Waals surface area contributed by atoms with Crippen LogP contribution in [-0.2, 0) is 0 Å². The van der Waals surface area contributed by atoms with Crippen LogP contribution >= 0.6 is 11.6 Å². The van der Waals surface area contributed by atoms with Crippen molar-refractivity contribution in [1.29, 1.82) is 5.26 Å². The second-order valence-corrected chi connectivity index (χ2v) is 7.61. The number of nitrogens with one attached hydrogen (secondary N) is 1. The molecule has 0 atom stereocenters. The zero-order valence-electron chi connectivity index (χ0n) is 16.9. The second-order valence-electron chi connectivity index (χ2n) is 7.20. The molecule has 0 saturated heterocycles. The van der Waals surface area contributed by atoms with Crippen molar-refractivity contribution < 1.29 is 4.74 Å². The van der Waals surface area contributed by atoms with Crippen LogP contribution < -0.4 is 16.0 Å². The number of fused-ring (bicyclic) bond motifs is 1. The lowest BCUT2D eigenvalue weighted by Crippen LogP contribution is -2.33. The van der Waals surface area contributed by atoms with Crippen LogP contribution in [0.15, 0.2) is 46.2 Å². The molecule has 2 aromatic carbocycles. The van der Waals surface area contributed by atoms with E-state index in [1.807, 2.05) is 16.7 Å². The first kappa shape index (κ1) is 20.4. The van der Waals surface area contributed by atoms with Crippen molar-refractivity contribution in [3.05, 3.63) is 73.8 Å². The number of nitriles is 1. The fourth-order valence-electron chi connectivity index (χ4n) is 3.21. The van der Waals surface area contributed by atoms with E-state index >= 15 is 0 Å². The molecule has 0 spiro atoms. The van der Waals surface area contributed by atoms with Crippen molar-refractivity contribution in [2.45, 2.75) is 26.8 Å². The molecule has 4 aromatic rings. The molecular weight excluding hydrogens is 420 g/mol. The van der Waals surface area contributed by atoms with E-state index in [0.717, 1.165) is 15.7 Å². The number of aryl methyl sites for hydroxylation is 1. The van der Waals surface area contributed by atoms with Crippen molar-refractivity contribution in [3.8, 4) is 23.3 Å². The van der Waals surface area contributed by atoms with Crippen molar-refractivity contribution in [1.82, 2.24) is 24.3 Å². The lowest BCUT2D eigenvalue weighted by atomic mass is 10.2. The van der Waals surface area contributed by atoms with E-state index in [4.69, 9.17) is 21.6 Å². The van der Waals surface area contributed by atoms with Crippen LogP contribution in [0.4, 0.5) is 0 Å². The average Bonchev–Trinajstić information content (AvgIpc) is 3.14. The van der Waals surface area contributed by atoms with Crippen LogP contribution in [0.5, 0.6) is 11.5 Å². The molecule has 1 N–H and O–H groups in total. The van der Waals surface area contributed by atoms with Crippen LogP contribution in [0.3, 0.4) is 0 Å². The van der Waals surface area contributed by atoms with Gasteiger partial charge in [-0.15, -0.1) is 5.10 Å². The van der Waals surface area contributed by atoms with Gasteiger partial charge in [-0.25, -0.2) is 9.78 Å². The minimum atomic E-state index is -0.845. The quantitative estimate of drug-likeness (QED) is 0.523. The molecule has 2 heterocycles. The third kappa shape index (κ3) is 3.69. The van der Waals surface area contributed by atoms with Gasteiger partial charge in [-0.05, 0) is 50.6 Å². The normalized spacial score (nSPS) is 11.1. The van der Waals surface area contributed by atoms with E-state index in [1.165, 1.54) is 6.07 Å². The Morgan fingerprint density at radius 3 is 2.68 bits per heavy atom. The Kier molecular flexibility index (Phi) is 5.09. The summed E-state index contributed by atoms with van der Waals surface area (Å²) in [6.07, 6.45) is 1.79. The van der Waals surface area contributed by atoms with Gasteiger partial charge in [0, 0.05) is 12.1 Å². The molecule has 0 saturated carbocycles. The van der Waals surface area contributed by atoms with Crippen LogP contribution in [0.25, 0.3) is 16.7 Å². The van der Waals surface area contributed by atoms with E-state index in [1.54, 1.807) is 31.5 Å². The highest BCUT2D eigenvalue weighted by atomic mass is 35.5. The summed E-state index contributed by atoms with van der Waals surface area (Å²) in [6, 6.07) is 10.6. The molecule has 2 aromatic heterocycles. The predicted molar refractivity (Wildman–Crippen MR) is 115 cm³/mol. The number of halogens is 1. The van der Waals surface area contributed by atoms with Crippen LogP contribution in [0.1, 0.15) is 31.1 Å². The number of aromatic nitrogens is 5. The van der Waals surface area contributed by atoms with Gasteiger partial charge in [0.05, 0.1) is 28.1 Å². The van der Waals surface area contributed by atoms with Gasteiger partial charge < -0.3 is 9.30 Å². The van der Waals surface area contributed by atoms with Gasteiger partial charge in [0.25, 0.3) is 5.56 Å². The van der Waals surface area contributed by atoms with Gasteiger partial charge in [0.2, 0.25) is 5.69 Å². The van der Waals surface area contributed by atoms with Crippen molar-refractivity contribution in [2.24, 2.45) is 0 Å². The Bertz CT molecular complexity index is 1450. The standard InChI is InChI=1S/C21H17ClN6O3/c1-11(2)27-10-24-16-5-4-14(8-18(16)27)31-19-12(3)6-13(7-15(19)22)28-21(30)25-20(29)17(9-23)26-28/h4-8,10-11H,1-3H3,(H,25,29,30). The van der Waals surface area contributed by atoms with Gasteiger partial charge in [-0.2, -0.15) is 9.94 Å². The maximum Gasteiger partial charge on any atom is 0.349 e. The predicted octanol–water partition coefficient (Wildman–Crippen LogP) is 3.48. The Labute approximate surface area is 181 Å². The lowest BCUT2D eigenvalue weighted by Gasteiger charge is -2.14. The minimum Gasteiger partial charge on any atom is -0.455 e. The number of H-pyrrole nitrogens is 1. The molecule has 31 heavy (non-hydrogen) atoms. The third-order valence-corrected chi connectivity index (χ3v) is 5.00. The summed E-state index contributed by atoms with van der Waals surface area (Å²) in [5.41, 5.74) is 0.674. The number of rotatable bonds is 4. The maximum atomic E-state index is 12.1. The molecule has 0 fully saturated rings. The van der Waals surface area contributed by atoms with Gasteiger partial charge in [-0.1, -0.05) is 11.6 Å². The molecule has 0 bridgehead atoms. The first-order valence-electron chi connectivity index (χ1n) is 9.37. The number of ether oxygens (including phenoxy) is 1. The van der Waals surface area contributed by atoms with E-state index in [0.29, 0.717) is 22.7 Å². The van der Waals surface area contributed by atoms with Crippen LogP contribution in [0, 0.1) is 18.3 Å². The van der Waals surface area contributed by atoms with Gasteiger partial charge >= 0.3 is 5.69 Å². The summed E-state index contributed by atoms with van der Waals surface area (Å²) in [7, 11) is 0. The number of aromatic amines is 1. The van der Waals surface area contributed by atoms with E-state index in [9.17, 15) is 9.59 Å². The number of imidazole rings is 1. The first-order valence-corrected chi connectivity index (χ1v) is 9.75. The molecule has 0 amide bonds.